The fraction of sp³-hybridized carbons (Fsp3) is 0.500. The normalized spacial score (nSPS) is 11.8. The van der Waals surface area contributed by atoms with Crippen molar-refractivity contribution >= 4 is 5.91 Å². The summed E-state index contributed by atoms with van der Waals surface area (Å²) in [4.78, 5) is 20.1. The Hall–Kier alpha value is -1.83. The minimum Gasteiger partial charge on any atom is -0.347 e. The predicted molar refractivity (Wildman–Crippen MR) is 54.5 cm³/mol. The summed E-state index contributed by atoms with van der Waals surface area (Å²) in [7, 11) is 1.67. The number of aromatic amines is 1. The van der Waals surface area contributed by atoms with E-state index in [0.29, 0.717) is 13.0 Å². The highest BCUT2D eigenvalue weighted by atomic mass is 16.2. The summed E-state index contributed by atoms with van der Waals surface area (Å²) >= 11 is 0. The van der Waals surface area contributed by atoms with Crippen molar-refractivity contribution in [2.45, 2.75) is 19.9 Å². The van der Waals surface area contributed by atoms with Gasteiger partial charge in [-0.3, -0.25) is 4.79 Å². The highest BCUT2D eigenvalue weighted by Gasteiger charge is 2.20. The molecule has 5 heteroatoms. The first-order valence-electron chi connectivity index (χ1n) is 4.81. The van der Waals surface area contributed by atoms with Gasteiger partial charge < -0.3 is 9.88 Å². The molecule has 1 heterocycles. The van der Waals surface area contributed by atoms with Crippen LogP contribution in [0.5, 0.6) is 0 Å². The molecule has 0 bridgehead atoms. The van der Waals surface area contributed by atoms with Crippen molar-refractivity contribution in [3.05, 3.63) is 18.2 Å². The topological polar surface area (TPSA) is 72.8 Å². The van der Waals surface area contributed by atoms with E-state index in [1.807, 2.05) is 13.0 Å². The maximum Gasteiger partial charge on any atom is 0.240 e. The number of carbonyl (C=O) groups is 1. The molecule has 0 radical (unpaired) electrons. The van der Waals surface area contributed by atoms with Crippen LogP contribution in [0.25, 0.3) is 0 Å². The largest absolute Gasteiger partial charge is 0.347 e. The van der Waals surface area contributed by atoms with Gasteiger partial charge in [0, 0.05) is 19.4 Å². The molecule has 1 rings (SSSR count). The van der Waals surface area contributed by atoms with Crippen molar-refractivity contribution in [1.29, 1.82) is 5.26 Å². The first-order chi connectivity index (χ1) is 7.19. The van der Waals surface area contributed by atoms with Gasteiger partial charge >= 0.3 is 0 Å². The van der Waals surface area contributed by atoms with Gasteiger partial charge in [0.15, 0.2) is 0 Å². The van der Waals surface area contributed by atoms with E-state index in [9.17, 15) is 4.79 Å². The summed E-state index contributed by atoms with van der Waals surface area (Å²) < 4.78 is 0. The van der Waals surface area contributed by atoms with E-state index in [2.05, 4.69) is 9.97 Å². The smallest absolute Gasteiger partial charge is 0.240 e. The first-order valence-corrected chi connectivity index (χ1v) is 4.81. The van der Waals surface area contributed by atoms with Crippen molar-refractivity contribution in [1.82, 2.24) is 14.9 Å². The Balaban J connectivity index is 2.57. The van der Waals surface area contributed by atoms with Crippen molar-refractivity contribution < 1.29 is 4.79 Å². The number of imidazole rings is 1. The van der Waals surface area contributed by atoms with E-state index in [-0.39, 0.29) is 5.91 Å². The minimum atomic E-state index is -0.551. The van der Waals surface area contributed by atoms with Crippen LogP contribution in [-0.2, 0) is 11.3 Å². The second-order valence-corrected chi connectivity index (χ2v) is 3.32. The Labute approximate surface area is 88.7 Å². The van der Waals surface area contributed by atoms with Crippen molar-refractivity contribution in [2.24, 2.45) is 5.92 Å². The summed E-state index contributed by atoms with van der Waals surface area (Å²) in [6, 6.07) is 1.99. The third kappa shape index (κ3) is 2.81. The van der Waals surface area contributed by atoms with Gasteiger partial charge in [-0.25, -0.2) is 4.98 Å². The summed E-state index contributed by atoms with van der Waals surface area (Å²) in [6.45, 7) is 2.23. The average molecular weight is 206 g/mol. The van der Waals surface area contributed by atoms with Gasteiger partial charge in [0.1, 0.15) is 11.7 Å². The molecule has 0 aliphatic rings. The number of amides is 1. The number of nitrogens with zero attached hydrogens (tertiary/aromatic N) is 3. The Kier molecular flexibility index (Phi) is 3.86. The van der Waals surface area contributed by atoms with E-state index in [1.165, 1.54) is 4.90 Å². The number of H-pyrrole nitrogens is 1. The molecule has 5 nitrogen and oxygen atoms in total. The number of aromatic nitrogens is 2. The average Bonchev–Trinajstić information content (AvgIpc) is 2.72. The van der Waals surface area contributed by atoms with Crippen molar-refractivity contribution in [3.8, 4) is 6.07 Å². The predicted octanol–water partition coefficient (Wildman–Crippen LogP) is 0.918. The van der Waals surface area contributed by atoms with Gasteiger partial charge in [0.2, 0.25) is 5.91 Å². The molecule has 1 aromatic rings. The lowest BCUT2D eigenvalue weighted by Gasteiger charge is -2.17. The molecule has 80 valence electrons. The molecule has 0 aliphatic carbocycles. The van der Waals surface area contributed by atoms with Crippen LogP contribution in [0.15, 0.2) is 12.4 Å². The van der Waals surface area contributed by atoms with E-state index < -0.39 is 5.92 Å². The maximum atomic E-state index is 11.7. The summed E-state index contributed by atoms with van der Waals surface area (Å²) in [5.74, 6) is 0.0139. The van der Waals surface area contributed by atoms with Crippen LogP contribution in [0.3, 0.4) is 0 Å². The molecule has 0 aromatic carbocycles. The molecule has 0 saturated heterocycles. The Morgan fingerprint density at radius 1 is 1.80 bits per heavy atom. The number of rotatable bonds is 4. The molecule has 1 aromatic heterocycles. The molecular weight excluding hydrogens is 192 g/mol. The monoisotopic (exact) mass is 206 g/mol. The number of carbonyl (C=O) groups excluding carboxylic acids is 1. The fourth-order valence-electron chi connectivity index (χ4n) is 1.27. The highest BCUT2D eigenvalue weighted by molar-refractivity contribution is 5.80. The molecule has 0 spiro atoms. The van der Waals surface area contributed by atoms with Gasteiger partial charge in [-0.05, 0) is 6.42 Å². The van der Waals surface area contributed by atoms with E-state index in [0.717, 1.165) is 5.82 Å². The zero-order valence-electron chi connectivity index (χ0n) is 8.90. The fourth-order valence-corrected chi connectivity index (χ4v) is 1.27. The number of hydrogen-bond acceptors (Lipinski definition) is 3. The summed E-state index contributed by atoms with van der Waals surface area (Å²) in [6.07, 6.45) is 3.88. The van der Waals surface area contributed by atoms with Crippen LogP contribution in [0.2, 0.25) is 0 Å². The van der Waals surface area contributed by atoms with E-state index >= 15 is 0 Å². The summed E-state index contributed by atoms with van der Waals surface area (Å²) in [5, 5.41) is 8.75. The van der Waals surface area contributed by atoms with Crippen LogP contribution in [0, 0.1) is 17.2 Å². The molecule has 1 unspecified atom stereocenters. The van der Waals surface area contributed by atoms with Crippen molar-refractivity contribution in [3.63, 3.8) is 0 Å². The standard InChI is InChI=1S/C10H14N4O/c1-3-8(6-11)10(15)14(2)7-9-12-4-5-13-9/h4-5,8H,3,7H2,1-2H3,(H,12,13). The lowest BCUT2D eigenvalue weighted by atomic mass is 10.1. The Morgan fingerprint density at radius 3 is 3.00 bits per heavy atom. The molecule has 0 fully saturated rings. The SMILES string of the molecule is CCC(C#N)C(=O)N(C)Cc1ncc[nH]1. The minimum absolute atomic E-state index is 0.156. The molecular formula is C10H14N4O. The highest BCUT2D eigenvalue weighted by Crippen LogP contribution is 2.07. The third-order valence-electron chi connectivity index (χ3n) is 2.18. The van der Waals surface area contributed by atoms with Crippen molar-refractivity contribution in [2.75, 3.05) is 7.05 Å². The first kappa shape index (κ1) is 11.2. The molecule has 1 amide bonds. The van der Waals surface area contributed by atoms with Crippen LogP contribution in [-0.4, -0.2) is 27.8 Å². The molecule has 1 atom stereocenters. The third-order valence-corrected chi connectivity index (χ3v) is 2.18. The quantitative estimate of drug-likeness (QED) is 0.796. The molecule has 15 heavy (non-hydrogen) atoms. The number of hydrogen-bond donors (Lipinski definition) is 1. The van der Waals surface area contributed by atoms with Crippen LogP contribution in [0.1, 0.15) is 19.2 Å². The van der Waals surface area contributed by atoms with Gasteiger partial charge in [0.05, 0.1) is 12.6 Å². The van der Waals surface area contributed by atoms with Gasteiger partial charge in [-0.1, -0.05) is 6.92 Å². The lowest BCUT2D eigenvalue weighted by molar-refractivity contribution is -0.133. The molecule has 0 aliphatic heterocycles. The second-order valence-electron chi connectivity index (χ2n) is 3.32. The van der Waals surface area contributed by atoms with Crippen LogP contribution < -0.4 is 0 Å². The van der Waals surface area contributed by atoms with Gasteiger partial charge in [-0.2, -0.15) is 5.26 Å². The van der Waals surface area contributed by atoms with Gasteiger partial charge in [0.25, 0.3) is 0 Å². The zero-order valence-corrected chi connectivity index (χ0v) is 8.90. The zero-order chi connectivity index (χ0) is 11.3. The lowest BCUT2D eigenvalue weighted by Crippen LogP contribution is -2.32. The van der Waals surface area contributed by atoms with E-state index in [1.54, 1.807) is 19.4 Å². The van der Waals surface area contributed by atoms with E-state index in [4.69, 9.17) is 5.26 Å². The Bertz CT molecular complexity index is 352. The number of nitriles is 1. The Morgan fingerprint density at radius 2 is 2.53 bits per heavy atom. The van der Waals surface area contributed by atoms with Gasteiger partial charge in [-0.15, -0.1) is 0 Å². The molecule has 0 saturated carbocycles. The van der Waals surface area contributed by atoms with Crippen LogP contribution in [0.4, 0.5) is 0 Å². The maximum absolute atomic E-state index is 11.7. The number of nitrogens with one attached hydrogen (secondary N) is 1. The molecule has 1 N–H and O–H groups in total. The van der Waals surface area contributed by atoms with Crippen LogP contribution >= 0.6 is 0 Å². The second kappa shape index (κ2) is 5.15. The summed E-state index contributed by atoms with van der Waals surface area (Å²) in [5.41, 5.74) is 0.